The van der Waals surface area contributed by atoms with Gasteiger partial charge in [0, 0.05) is 46.3 Å². The summed E-state index contributed by atoms with van der Waals surface area (Å²) in [5.41, 5.74) is 2.37. The van der Waals surface area contributed by atoms with Crippen molar-refractivity contribution in [3.05, 3.63) is 93.3 Å². The summed E-state index contributed by atoms with van der Waals surface area (Å²) in [6.07, 6.45) is 4.83. The van der Waals surface area contributed by atoms with Crippen LogP contribution in [0.3, 0.4) is 0 Å². The van der Waals surface area contributed by atoms with Crippen molar-refractivity contribution < 1.29 is 29.0 Å². The fourth-order valence-corrected chi connectivity index (χ4v) is 5.20. The summed E-state index contributed by atoms with van der Waals surface area (Å²) in [6.45, 7) is 2.80. The number of hydrogen-bond acceptors (Lipinski definition) is 4. The molecule has 0 aromatic heterocycles. The van der Waals surface area contributed by atoms with E-state index >= 15 is 0 Å². The molecular weight excluding hydrogens is 522 g/mol. The fraction of sp³-hybridized carbons (Fsp3) is 0.296. The van der Waals surface area contributed by atoms with Gasteiger partial charge in [-0.1, -0.05) is 41.4 Å². The molecule has 0 unspecified atom stereocenters. The van der Waals surface area contributed by atoms with Crippen LogP contribution in [-0.4, -0.2) is 64.5 Å². The topological polar surface area (TPSA) is 98.2 Å². The highest BCUT2D eigenvalue weighted by molar-refractivity contribution is 6.34. The van der Waals surface area contributed by atoms with Crippen LogP contribution >= 0.6 is 23.2 Å². The standard InChI is InChI=1S/C23H23Cl2FN2O.C4H4O4/c1-27-10-7-23(8-11-27,17-2-4-20(26)5-3-17)21-6-9-28(22(21)29)15-16-12-18(24)14-19(25)13-16;5-3(6)1-2-4(7)8/h2-6,12-14H,7-11,15H2,1H3;1-2H,(H,5,6)(H,7,8). The Labute approximate surface area is 224 Å². The number of carbonyl (C=O) groups is 3. The van der Waals surface area contributed by atoms with Crippen molar-refractivity contribution in [2.75, 3.05) is 26.7 Å². The largest absolute Gasteiger partial charge is 0.478 e. The molecule has 1 fully saturated rings. The van der Waals surface area contributed by atoms with Gasteiger partial charge < -0.3 is 20.0 Å². The van der Waals surface area contributed by atoms with E-state index in [0.29, 0.717) is 35.3 Å². The molecular formula is C27H27Cl2FN2O5. The van der Waals surface area contributed by atoms with E-state index in [0.717, 1.165) is 42.6 Å². The number of carboxylic acids is 2. The number of nitrogens with zero attached hydrogens (tertiary/aromatic N) is 2. The lowest BCUT2D eigenvalue weighted by Crippen LogP contribution is -2.44. The first-order valence-electron chi connectivity index (χ1n) is 11.5. The number of hydrogen-bond donors (Lipinski definition) is 2. The van der Waals surface area contributed by atoms with Gasteiger partial charge in [0.2, 0.25) is 0 Å². The van der Waals surface area contributed by atoms with E-state index in [1.165, 1.54) is 12.1 Å². The zero-order valence-electron chi connectivity index (χ0n) is 20.2. The van der Waals surface area contributed by atoms with Crippen LogP contribution in [0.1, 0.15) is 24.0 Å². The Balaban J connectivity index is 0.000000414. The Morgan fingerprint density at radius 3 is 2.05 bits per heavy atom. The third-order valence-electron chi connectivity index (χ3n) is 6.45. The fourth-order valence-electron chi connectivity index (χ4n) is 4.63. The van der Waals surface area contributed by atoms with Crippen LogP contribution in [0, 0.1) is 5.82 Å². The van der Waals surface area contributed by atoms with Crippen LogP contribution in [0.2, 0.25) is 10.0 Å². The molecule has 0 saturated carbocycles. The second kappa shape index (κ2) is 12.4. The molecule has 2 N–H and O–H groups in total. The molecule has 7 nitrogen and oxygen atoms in total. The van der Waals surface area contributed by atoms with Crippen molar-refractivity contribution >= 4 is 41.0 Å². The van der Waals surface area contributed by atoms with Crippen molar-refractivity contribution in [2.24, 2.45) is 0 Å². The van der Waals surface area contributed by atoms with E-state index < -0.39 is 11.9 Å². The molecule has 10 heteroatoms. The Hall–Kier alpha value is -3.20. The molecule has 2 aliphatic rings. The van der Waals surface area contributed by atoms with Gasteiger partial charge in [0.25, 0.3) is 5.91 Å². The van der Waals surface area contributed by atoms with Crippen molar-refractivity contribution in [3.63, 3.8) is 0 Å². The molecule has 0 aliphatic carbocycles. The van der Waals surface area contributed by atoms with E-state index in [9.17, 15) is 18.8 Å². The highest BCUT2D eigenvalue weighted by atomic mass is 35.5. The lowest BCUT2D eigenvalue weighted by Gasteiger charge is -2.42. The SMILES string of the molecule is CN1CCC(C2=CCN(Cc3cc(Cl)cc(Cl)c3)C2=O)(c2ccc(F)cc2)CC1.O=C(O)C=CC(=O)O. The van der Waals surface area contributed by atoms with Crippen LogP contribution in [0.25, 0.3) is 0 Å². The summed E-state index contributed by atoms with van der Waals surface area (Å²) in [7, 11) is 2.09. The predicted molar refractivity (Wildman–Crippen MR) is 139 cm³/mol. The number of rotatable bonds is 6. The van der Waals surface area contributed by atoms with Gasteiger partial charge in [0.05, 0.1) is 0 Å². The normalized spacial score (nSPS) is 17.4. The molecule has 4 rings (SSSR count). The number of halogens is 3. The average molecular weight is 549 g/mol. The maximum atomic E-state index is 13.5. The van der Waals surface area contributed by atoms with E-state index in [1.54, 1.807) is 6.07 Å². The van der Waals surface area contributed by atoms with Gasteiger partial charge in [-0.25, -0.2) is 14.0 Å². The summed E-state index contributed by atoms with van der Waals surface area (Å²) >= 11 is 12.2. The minimum Gasteiger partial charge on any atom is -0.478 e. The molecule has 2 aliphatic heterocycles. The molecule has 37 heavy (non-hydrogen) atoms. The monoisotopic (exact) mass is 548 g/mol. The third kappa shape index (κ3) is 7.41. The minimum absolute atomic E-state index is 0.0370. The van der Waals surface area contributed by atoms with E-state index in [-0.39, 0.29) is 17.1 Å². The maximum Gasteiger partial charge on any atom is 0.328 e. The Morgan fingerprint density at radius 2 is 1.54 bits per heavy atom. The van der Waals surface area contributed by atoms with E-state index in [2.05, 4.69) is 11.9 Å². The first kappa shape index (κ1) is 28.4. The van der Waals surface area contributed by atoms with Crippen LogP contribution in [0.5, 0.6) is 0 Å². The van der Waals surface area contributed by atoms with Crippen molar-refractivity contribution in [1.82, 2.24) is 9.80 Å². The lowest BCUT2D eigenvalue weighted by molar-refractivity contribution is -0.134. The first-order chi connectivity index (χ1) is 17.5. The molecule has 2 aromatic carbocycles. The molecule has 0 radical (unpaired) electrons. The zero-order valence-corrected chi connectivity index (χ0v) is 21.7. The van der Waals surface area contributed by atoms with Crippen molar-refractivity contribution in [1.29, 1.82) is 0 Å². The Bertz CT molecular complexity index is 1190. The number of carbonyl (C=O) groups excluding carboxylic acids is 1. The molecule has 1 saturated heterocycles. The maximum absolute atomic E-state index is 13.5. The molecule has 0 atom stereocenters. The second-order valence-corrected chi connectivity index (χ2v) is 9.86. The smallest absolute Gasteiger partial charge is 0.328 e. The summed E-state index contributed by atoms with van der Waals surface area (Å²) in [5, 5.41) is 16.7. The molecule has 2 heterocycles. The Kier molecular flexibility index (Phi) is 9.48. The zero-order chi connectivity index (χ0) is 27.2. The van der Waals surface area contributed by atoms with Crippen molar-refractivity contribution in [3.8, 4) is 0 Å². The van der Waals surface area contributed by atoms with Crippen LogP contribution in [0.15, 0.2) is 66.3 Å². The molecule has 1 amide bonds. The molecule has 196 valence electrons. The Morgan fingerprint density at radius 1 is 1.00 bits per heavy atom. The van der Waals surface area contributed by atoms with Gasteiger partial charge in [-0.05, 0) is 74.4 Å². The number of amides is 1. The lowest BCUT2D eigenvalue weighted by atomic mass is 9.67. The van der Waals surface area contributed by atoms with Crippen molar-refractivity contribution in [2.45, 2.75) is 24.8 Å². The second-order valence-electron chi connectivity index (χ2n) is 8.98. The number of piperidine rings is 1. The van der Waals surface area contributed by atoms with E-state index in [1.807, 2.05) is 35.2 Å². The van der Waals surface area contributed by atoms with Gasteiger partial charge in [-0.2, -0.15) is 0 Å². The molecule has 0 bridgehead atoms. The number of carboxylic acid groups (broad SMARTS) is 2. The van der Waals surface area contributed by atoms with Crippen LogP contribution in [0.4, 0.5) is 4.39 Å². The average Bonchev–Trinajstić information content (AvgIpc) is 3.19. The van der Waals surface area contributed by atoms with Gasteiger partial charge in [0.15, 0.2) is 0 Å². The minimum atomic E-state index is -1.26. The van der Waals surface area contributed by atoms with Crippen LogP contribution < -0.4 is 0 Å². The molecule has 2 aromatic rings. The van der Waals surface area contributed by atoms with Gasteiger partial charge in [0.1, 0.15) is 5.82 Å². The number of aliphatic carboxylic acids is 2. The van der Waals surface area contributed by atoms with Gasteiger partial charge >= 0.3 is 11.9 Å². The summed E-state index contributed by atoms with van der Waals surface area (Å²) in [4.78, 5) is 36.6. The van der Waals surface area contributed by atoms with Gasteiger partial charge in [-0.3, -0.25) is 4.79 Å². The number of benzene rings is 2. The number of likely N-dealkylation sites (tertiary alicyclic amines) is 1. The highest BCUT2D eigenvalue weighted by Gasteiger charge is 2.44. The quantitative estimate of drug-likeness (QED) is 0.504. The van der Waals surface area contributed by atoms with Gasteiger partial charge in [-0.15, -0.1) is 0 Å². The summed E-state index contributed by atoms with van der Waals surface area (Å²) in [6, 6.07) is 12.0. The predicted octanol–water partition coefficient (Wildman–Crippen LogP) is 4.78. The first-order valence-corrected chi connectivity index (χ1v) is 12.3. The summed E-state index contributed by atoms with van der Waals surface area (Å²) < 4.78 is 13.5. The van der Waals surface area contributed by atoms with Crippen LogP contribution in [-0.2, 0) is 26.3 Å². The molecule has 0 spiro atoms. The third-order valence-corrected chi connectivity index (χ3v) is 6.89. The van der Waals surface area contributed by atoms with E-state index in [4.69, 9.17) is 33.4 Å². The summed E-state index contributed by atoms with van der Waals surface area (Å²) in [5.74, 6) is -2.74. The highest BCUT2D eigenvalue weighted by Crippen LogP contribution is 2.44.